The van der Waals surface area contributed by atoms with Gasteiger partial charge in [0.15, 0.2) is 0 Å². The van der Waals surface area contributed by atoms with Crippen LogP contribution in [0.1, 0.15) is 0 Å². The molecule has 2 nitrogen and oxygen atoms in total. The lowest BCUT2D eigenvalue weighted by Gasteiger charge is -2.28. The van der Waals surface area contributed by atoms with E-state index in [0.717, 1.165) is 55.5 Å². The van der Waals surface area contributed by atoms with E-state index in [0.29, 0.717) is 0 Å². The Morgan fingerprint density at radius 3 is 1.91 bits per heavy atom. The van der Waals surface area contributed by atoms with Gasteiger partial charge in [0.1, 0.15) is 11.2 Å². The van der Waals surface area contributed by atoms with Crippen molar-refractivity contribution in [1.29, 1.82) is 0 Å². The van der Waals surface area contributed by atoms with Gasteiger partial charge in [-0.05, 0) is 75.3 Å². The summed E-state index contributed by atoms with van der Waals surface area (Å²) in [6.07, 6.45) is 0. The molecule has 0 saturated carbocycles. The molecule has 0 saturated heterocycles. The summed E-state index contributed by atoms with van der Waals surface area (Å²) in [5.41, 5.74) is 9.82. The number of hydrogen-bond donors (Lipinski definition) is 0. The van der Waals surface area contributed by atoms with Crippen LogP contribution < -0.4 is 4.90 Å². The van der Waals surface area contributed by atoms with Crippen LogP contribution in [0, 0.1) is 0 Å². The Morgan fingerprint density at radius 2 is 1.02 bits per heavy atom. The SMILES string of the molecule is c1ccc(N(c2cccc(-c3cccc4ccccc34)c2)c2ccccc2-c2cccc3oc4c5ccccc5ccc4c23)cc1. The van der Waals surface area contributed by atoms with Crippen LogP contribution in [0.25, 0.3) is 65.7 Å². The van der Waals surface area contributed by atoms with Gasteiger partial charge in [-0.1, -0.05) is 133 Å². The average Bonchev–Trinajstić information content (AvgIpc) is 3.52. The third-order valence-corrected chi connectivity index (χ3v) is 9.04. The molecule has 216 valence electrons. The molecule has 0 bridgehead atoms. The fourth-order valence-electron chi connectivity index (χ4n) is 6.97. The second-order valence-corrected chi connectivity index (χ2v) is 11.7. The molecule has 2 heteroatoms. The smallest absolute Gasteiger partial charge is 0.143 e. The molecular formula is C44H29NO. The fourth-order valence-corrected chi connectivity index (χ4v) is 6.97. The number of nitrogens with zero attached hydrogens (tertiary/aromatic N) is 1. The first kappa shape index (κ1) is 26.3. The van der Waals surface area contributed by atoms with Crippen LogP contribution in [0.15, 0.2) is 180 Å². The lowest BCUT2D eigenvalue weighted by atomic mass is 9.95. The third-order valence-electron chi connectivity index (χ3n) is 9.04. The van der Waals surface area contributed by atoms with Gasteiger partial charge in [0.2, 0.25) is 0 Å². The Kier molecular flexibility index (Phi) is 6.17. The van der Waals surface area contributed by atoms with E-state index in [1.807, 2.05) is 0 Å². The van der Waals surface area contributed by atoms with E-state index in [1.165, 1.54) is 27.3 Å². The molecule has 9 aromatic rings. The zero-order chi connectivity index (χ0) is 30.5. The number of anilines is 3. The summed E-state index contributed by atoms with van der Waals surface area (Å²) in [4.78, 5) is 2.38. The van der Waals surface area contributed by atoms with Crippen LogP contribution in [0.2, 0.25) is 0 Å². The summed E-state index contributed by atoms with van der Waals surface area (Å²) in [6, 6.07) is 62.7. The summed E-state index contributed by atoms with van der Waals surface area (Å²) in [5, 5.41) is 7.06. The van der Waals surface area contributed by atoms with Gasteiger partial charge >= 0.3 is 0 Å². The molecule has 0 amide bonds. The van der Waals surface area contributed by atoms with Gasteiger partial charge in [0, 0.05) is 33.1 Å². The van der Waals surface area contributed by atoms with E-state index >= 15 is 0 Å². The Bertz CT molecular complexity index is 2540. The van der Waals surface area contributed by atoms with E-state index in [4.69, 9.17) is 4.42 Å². The van der Waals surface area contributed by atoms with Crippen molar-refractivity contribution in [3.8, 4) is 22.3 Å². The number of para-hydroxylation sites is 2. The number of fused-ring (bicyclic) bond motifs is 6. The lowest BCUT2D eigenvalue weighted by Crippen LogP contribution is -2.11. The summed E-state index contributed by atoms with van der Waals surface area (Å²) < 4.78 is 6.58. The number of rotatable bonds is 5. The van der Waals surface area contributed by atoms with Crippen molar-refractivity contribution < 1.29 is 4.42 Å². The molecule has 0 atom stereocenters. The number of hydrogen-bond acceptors (Lipinski definition) is 2. The molecule has 0 radical (unpaired) electrons. The van der Waals surface area contributed by atoms with Crippen molar-refractivity contribution in [3.05, 3.63) is 176 Å². The van der Waals surface area contributed by atoms with Crippen LogP contribution >= 0.6 is 0 Å². The summed E-state index contributed by atoms with van der Waals surface area (Å²) in [7, 11) is 0. The maximum atomic E-state index is 6.58. The van der Waals surface area contributed by atoms with E-state index in [-0.39, 0.29) is 0 Å². The van der Waals surface area contributed by atoms with Crippen molar-refractivity contribution >= 4 is 60.5 Å². The zero-order valence-corrected chi connectivity index (χ0v) is 25.1. The standard InChI is InChI=1S/C44H29NO/c1-2-17-33(18-3-1)45(34-19-10-16-32(29-34)36-23-11-15-30-13-4-6-20-35(30)36)41-25-9-8-22-38(41)39-24-12-26-42-43(39)40-28-27-31-14-5-7-21-37(31)44(40)46-42/h1-29H. The monoisotopic (exact) mass is 587 g/mol. The van der Waals surface area contributed by atoms with Crippen molar-refractivity contribution in [2.45, 2.75) is 0 Å². The van der Waals surface area contributed by atoms with Gasteiger partial charge < -0.3 is 9.32 Å². The molecule has 9 rings (SSSR count). The van der Waals surface area contributed by atoms with Gasteiger partial charge in [0.25, 0.3) is 0 Å². The minimum atomic E-state index is 0.892. The second-order valence-electron chi connectivity index (χ2n) is 11.7. The molecule has 0 aliphatic heterocycles. The highest BCUT2D eigenvalue weighted by molar-refractivity contribution is 6.19. The summed E-state index contributed by atoms with van der Waals surface area (Å²) in [5.74, 6) is 0. The topological polar surface area (TPSA) is 16.4 Å². The van der Waals surface area contributed by atoms with Crippen LogP contribution in [-0.4, -0.2) is 0 Å². The minimum Gasteiger partial charge on any atom is -0.455 e. The number of benzene rings is 8. The van der Waals surface area contributed by atoms with Gasteiger partial charge in [-0.15, -0.1) is 0 Å². The van der Waals surface area contributed by atoms with Crippen molar-refractivity contribution in [2.75, 3.05) is 4.90 Å². The Hall–Kier alpha value is -6.12. The van der Waals surface area contributed by atoms with Crippen molar-refractivity contribution in [1.82, 2.24) is 0 Å². The van der Waals surface area contributed by atoms with E-state index in [2.05, 4.69) is 181 Å². The highest BCUT2D eigenvalue weighted by Crippen LogP contribution is 2.46. The highest BCUT2D eigenvalue weighted by Gasteiger charge is 2.21. The van der Waals surface area contributed by atoms with Gasteiger partial charge in [-0.3, -0.25) is 0 Å². The Morgan fingerprint density at radius 1 is 0.391 bits per heavy atom. The molecule has 0 fully saturated rings. The average molecular weight is 588 g/mol. The van der Waals surface area contributed by atoms with Gasteiger partial charge in [-0.2, -0.15) is 0 Å². The van der Waals surface area contributed by atoms with Crippen molar-refractivity contribution in [2.24, 2.45) is 0 Å². The lowest BCUT2D eigenvalue weighted by molar-refractivity contribution is 0.673. The molecule has 1 aromatic heterocycles. The molecule has 0 unspecified atom stereocenters. The largest absolute Gasteiger partial charge is 0.455 e. The Balaban J connectivity index is 1.28. The predicted molar refractivity (Wildman–Crippen MR) is 194 cm³/mol. The van der Waals surface area contributed by atoms with E-state index in [9.17, 15) is 0 Å². The molecule has 8 aromatic carbocycles. The second kappa shape index (κ2) is 10.8. The first-order valence-corrected chi connectivity index (χ1v) is 15.7. The van der Waals surface area contributed by atoms with Crippen LogP contribution in [-0.2, 0) is 0 Å². The maximum absolute atomic E-state index is 6.58. The normalized spacial score (nSPS) is 11.5. The van der Waals surface area contributed by atoms with Crippen LogP contribution in [0.3, 0.4) is 0 Å². The molecule has 1 heterocycles. The van der Waals surface area contributed by atoms with Gasteiger partial charge in [-0.25, -0.2) is 0 Å². The first-order valence-electron chi connectivity index (χ1n) is 15.7. The Labute approximate surface area is 267 Å². The van der Waals surface area contributed by atoms with E-state index in [1.54, 1.807) is 0 Å². The zero-order valence-electron chi connectivity index (χ0n) is 25.1. The van der Waals surface area contributed by atoms with Crippen LogP contribution in [0.5, 0.6) is 0 Å². The van der Waals surface area contributed by atoms with E-state index < -0.39 is 0 Å². The third kappa shape index (κ3) is 4.27. The molecular weight excluding hydrogens is 558 g/mol. The van der Waals surface area contributed by atoms with Crippen LogP contribution in [0.4, 0.5) is 17.1 Å². The van der Waals surface area contributed by atoms with Crippen molar-refractivity contribution in [3.63, 3.8) is 0 Å². The quantitative estimate of drug-likeness (QED) is 0.199. The first-order chi connectivity index (χ1) is 22.8. The van der Waals surface area contributed by atoms with Gasteiger partial charge in [0.05, 0.1) is 5.69 Å². The summed E-state index contributed by atoms with van der Waals surface area (Å²) >= 11 is 0. The molecule has 46 heavy (non-hydrogen) atoms. The molecule has 0 N–H and O–H groups in total. The fraction of sp³-hybridized carbons (Fsp3) is 0. The molecule has 0 spiro atoms. The molecule has 0 aliphatic rings. The highest BCUT2D eigenvalue weighted by atomic mass is 16.3. The summed E-state index contributed by atoms with van der Waals surface area (Å²) in [6.45, 7) is 0. The molecule has 0 aliphatic carbocycles. The minimum absolute atomic E-state index is 0.892. The predicted octanol–water partition coefficient (Wildman–Crippen LogP) is 12.7. The maximum Gasteiger partial charge on any atom is 0.143 e. The number of furan rings is 1.